The Morgan fingerprint density at radius 2 is 1.87 bits per heavy atom. The maximum Gasteiger partial charge on any atom is 0.231 e. The van der Waals surface area contributed by atoms with Crippen LogP contribution in [0.4, 0.5) is 5.69 Å². The lowest BCUT2D eigenvalue weighted by Gasteiger charge is -2.27. The van der Waals surface area contributed by atoms with E-state index in [-0.39, 0.29) is 5.25 Å². The third-order valence-corrected chi connectivity index (χ3v) is 8.19. The zero-order chi connectivity index (χ0) is 22.6. The highest BCUT2D eigenvalue weighted by molar-refractivity contribution is 9.10. The molecule has 0 radical (unpaired) electrons. The Labute approximate surface area is 192 Å². The molecular weight excluding hydrogens is 482 g/mol. The Bertz CT molecular complexity index is 1110. The van der Waals surface area contributed by atoms with Gasteiger partial charge in [-0.1, -0.05) is 34.1 Å². The molecule has 1 heterocycles. The molecule has 9 heteroatoms. The first-order chi connectivity index (χ1) is 14.8. The van der Waals surface area contributed by atoms with Crippen molar-refractivity contribution in [1.82, 2.24) is 0 Å². The average Bonchev–Trinajstić information content (AvgIpc) is 2.74. The fourth-order valence-corrected chi connectivity index (χ4v) is 5.64. The second-order valence-corrected chi connectivity index (χ2v) is 10.6. The molecule has 1 aliphatic rings. The fraction of sp³-hybridized carbons (Fsp3) is 0.409. The first-order valence-electron chi connectivity index (χ1n) is 10.2. The number of aliphatic imine (C=N–C) groups is 1. The molecule has 2 aromatic rings. The predicted molar refractivity (Wildman–Crippen MR) is 128 cm³/mol. The zero-order valence-corrected chi connectivity index (χ0v) is 20.8. The number of halogens is 1. The van der Waals surface area contributed by atoms with Crippen molar-refractivity contribution in [3.63, 3.8) is 0 Å². The second-order valence-electron chi connectivity index (χ2n) is 7.04. The van der Waals surface area contributed by atoms with Crippen LogP contribution in [0.15, 0.2) is 49.1 Å². The van der Waals surface area contributed by atoms with Crippen LogP contribution in [0, 0.1) is 0 Å². The van der Waals surface area contributed by atoms with Crippen molar-refractivity contribution in [1.29, 1.82) is 0 Å². The van der Waals surface area contributed by atoms with Gasteiger partial charge in [0.15, 0.2) is 11.5 Å². The molecule has 2 aromatic carbocycles. The standard InChI is InChI=1S/C22H28BrN3O4S/c1-6-29-18-12-17-21(20(28-5)19(18)30-7-2)31(27,14(3)4)26-22(25-17)24-13-15-10-8-9-11-16(15)23/h8-12,14H,6-7,13H2,1-5H3,(H,24,25,26,27). The van der Waals surface area contributed by atoms with Crippen molar-refractivity contribution in [2.24, 2.45) is 9.36 Å². The van der Waals surface area contributed by atoms with E-state index in [0.29, 0.717) is 53.5 Å². The van der Waals surface area contributed by atoms with E-state index < -0.39 is 9.73 Å². The fourth-order valence-electron chi connectivity index (χ4n) is 3.23. The first-order valence-corrected chi connectivity index (χ1v) is 12.5. The highest BCUT2D eigenvalue weighted by atomic mass is 79.9. The van der Waals surface area contributed by atoms with Gasteiger partial charge in [0.25, 0.3) is 0 Å². The largest absolute Gasteiger partial charge is 0.491 e. The molecule has 31 heavy (non-hydrogen) atoms. The Morgan fingerprint density at radius 1 is 1.16 bits per heavy atom. The van der Waals surface area contributed by atoms with Crippen LogP contribution in [0.2, 0.25) is 0 Å². The van der Waals surface area contributed by atoms with Gasteiger partial charge < -0.3 is 19.5 Å². The van der Waals surface area contributed by atoms with E-state index in [1.54, 1.807) is 6.07 Å². The maximum absolute atomic E-state index is 14.1. The second kappa shape index (κ2) is 9.91. The van der Waals surface area contributed by atoms with Gasteiger partial charge in [0.1, 0.15) is 4.90 Å². The monoisotopic (exact) mass is 509 g/mol. The number of benzene rings is 2. The van der Waals surface area contributed by atoms with Gasteiger partial charge in [-0.15, -0.1) is 0 Å². The minimum absolute atomic E-state index is 0.275. The highest BCUT2D eigenvalue weighted by Gasteiger charge is 2.34. The van der Waals surface area contributed by atoms with Crippen molar-refractivity contribution in [2.75, 3.05) is 25.6 Å². The Hall–Kier alpha value is -2.26. The van der Waals surface area contributed by atoms with Crippen molar-refractivity contribution in [3.8, 4) is 17.2 Å². The molecule has 7 nitrogen and oxygen atoms in total. The minimum Gasteiger partial charge on any atom is -0.491 e. The van der Waals surface area contributed by atoms with E-state index in [1.165, 1.54) is 7.11 Å². The summed E-state index contributed by atoms with van der Waals surface area (Å²) in [4.78, 5) is 5.08. The molecule has 168 valence electrons. The third-order valence-electron chi connectivity index (χ3n) is 4.71. The smallest absolute Gasteiger partial charge is 0.231 e. The summed E-state index contributed by atoms with van der Waals surface area (Å²) in [5, 5.41) is 2.94. The number of fused-ring (bicyclic) bond motifs is 1. The number of nitrogens with zero attached hydrogens (tertiary/aromatic N) is 2. The number of anilines is 1. The molecular formula is C22H28BrN3O4S. The molecule has 1 N–H and O–H groups in total. The zero-order valence-electron chi connectivity index (χ0n) is 18.4. The number of ether oxygens (including phenoxy) is 3. The van der Waals surface area contributed by atoms with E-state index >= 15 is 0 Å². The molecule has 0 amide bonds. The number of hydrogen-bond acceptors (Lipinski definition) is 5. The molecule has 3 rings (SSSR count). The lowest BCUT2D eigenvalue weighted by molar-refractivity contribution is 0.269. The van der Waals surface area contributed by atoms with Crippen LogP contribution >= 0.6 is 15.9 Å². The summed E-state index contributed by atoms with van der Waals surface area (Å²) < 4.78 is 37.0. The van der Waals surface area contributed by atoms with Crippen molar-refractivity contribution < 1.29 is 18.4 Å². The SMILES string of the molecule is CCOc1cc2c(c(OC)c1OCC)S(=O)(C(C)C)=NC(=NCc1ccccc1Br)N2. The van der Waals surface area contributed by atoms with E-state index in [4.69, 9.17) is 14.2 Å². The van der Waals surface area contributed by atoms with Crippen molar-refractivity contribution >= 4 is 37.3 Å². The summed E-state index contributed by atoms with van der Waals surface area (Å²) in [6.07, 6.45) is 0. The number of methoxy groups -OCH3 is 1. The summed E-state index contributed by atoms with van der Waals surface area (Å²) in [5.74, 6) is 1.65. The van der Waals surface area contributed by atoms with Gasteiger partial charge in [0, 0.05) is 15.8 Å². The Kier molecular flexibility index (Phi) is 7.48. The van der Waals surface area contributed by atoms with E-state index in [1.807, 2.05) is 52.0 Å². The molecule has 0 saturated heterocycles. The molecule has 0 saturated carbocycles. The summed E-state index contributed by atoms with van der Waals surface area (Å²) in [6.45, 7) is 8.79. The van der Waals surface area contributed by atoms with Crippen LogP contribution < -0.4 is 19.5 Å². The van der Waals surface area contributed by atoms with Crippen LogP contribution in [0.1, 0.15) is 33.3 Å². The topological polar surface area (TPSA) is 81.5 Å². The van der Waals surface area contributed by atoms with Gasteiger partial charge >= 0.3 is 0 Å². The normalized spacial score (nSPS) is 18.9. The lowest BCUT2D eigenvalue weighted by Crippen LogP contribution is -2.27. The van der Waals surface area contributed by atoms with Crippen molar-refractivity contribution in [3.05, 3.63) is 40.4 Å². The van der Waals surface area contributed by atoms with Gasteiger partial charge in [-0.3, -0.25) is 0 Å². The minimum atomic E-state index is -2.89. The molecule has 1 atom stereocenters. The molecule has 0 aromatic heterocycles. The highest BCUT2D eigenvalue weighted by Crippen LogP contribution is 2.49. The predicted octanol–water partition coefficient (Wildman–Crippen LogP) is 5.47. The Balaban J connectivity index is 2.18. The number of nitrogens with one attached hydrogen (secondary N) is 1. The van der Waals surface area contributed by atoms with Crippen LogP contribution in [-0.4, -0.2) is 35.7 Å². The number of rotatable bonds is 8. The molecule has 0 bridgehead atoms. The molecule has 0 aliphatic carbocycles. The summed E-state index contributed by atoms with van der Waals surface area (Å²) in [6, 6.07) is 9.63. The van der Waals surface area contributed by atoms with Crippen LogP contribution in [-0.2, 0) is 16.3 Å². The summed E-state index contributed by atoms with van der Waals surface area (Å²) >= 11 is 3.54. The first kappa shape index (κ1) is 23.4. The van der Waals surface area contributed by atoms with Crippen LogP contribution in [0.3, 0.4) is 0 Å². The van der Waals surface area contributed by atoms with Gasteiger partial charge in [0.2, 0.25) is 11.7 Å². The quantitative estimate of drug-likeness (QED) is 0.509. The van der Waals surface area contributed by atoms with Gasteiger partial charge in [0.05, 0.1) is 42.3 Å². The van der Waals surface area contributed by atoms with E-state index in [9.17, 15) is 4.21 Å². The van der Waals surface area contributed by atoms with Gasteiger partial charge in [-0.05, 0) is 39.3 Å². The average molecular weight is 510 g/mol. The molecule has 0 fully saturated rings. The Morgan fingerprint density at radius 3 is 2.48 bits per heavy atom. The maximum atomic E-state index is 14.1. The van der Waals surface area contributed by atoms with Crippen LogP contribution in [0.5, 0.6) is 17.2 Å². The van der Waals surface area contributed by atoms with Crippen molar-refractivity contribution in [2.45, 2.75) is 44.4 Å². The van der Waals surface area contributed by atoms with E-state index in [0.717, 1.165) is 10.0 Å². The third kappa shape index (κ3) is 4.67. The lowest BCUT2D eigenvalue weighted by atomic mass is 10.2. The molecule has 1 unspecified atom stereocenters. The van der Waals surface area contributed by atoms with E-state index in [2.05, 4.69) is 30.6 Å². The molecule has 1 aliphatic heterocycles. The van der Waals surface area contributed by atoms with Crippen LogP contribution in [0.25, 0.3) is 0 Å². The van der Waals surface area contributed by atoms with Gasteiger partial charge in [-0.2, -0.15) is 4.36 Å². The number of hydrogen-bond donors (Lipinski definition) is 1. The number of guanidine groups is 1. The van der Waals surface area contributed by atoms with Gasteiger partial charge in [-0.25, -0.2) is 9.20 Å². The molecule has 0 spiro atoms. The summed E-state index contributed by atoms with van der Waals surface area (Å²) in [7, 11) is -1.35. The summed E-state index contributed by atoms with van der Waals surface area (Å²) in [5.41, 5.74) is 1.61.